The van der Waals surface area contributed by atoms with Crippen molar-refractivity contribution in [3.63, 3.8) is 0 Å². The molecule has 1 aromatic heterocycles. The lowest BCUT2D eigenvalue weighted by atomic mass is 10.2. The lowest BCUT2D eigenvalue weighted by Crippen LogP contribution is -2.27. The third-order valence-corrected chi connectivity index (χ3v) is 4.24. The Bertz CT molecular complexity index is 786. The molecule has 0 atom stereocenters. The highest BCUT2D eigenvalue weighted by atomic mass is 32.2. The van der Waals surface area contributed by atoms with Gasteiger partial charge in [0, 0.05) is 30.7 Å². The molecule has 1 fully saturated rings. The molecule has 0 unspecified atom stereocenters. The molecule has 1 saturated heterocycles. The topological polar surface area (TPSA) is 74.3 Å². The Hall–Kier alpha value is -2.68. The van der Waals surface area contributed by atoms with E-state index in [1.54, 1.807) is 29.2 Å². The molecule has 3 rings (SSSR count). The molecule has 0 saturated carbocycles. The van der Waals surface area contributed by atoms with Gasteiger partial charge in [-0.2, -0.15) is 8.78 Å². The van der Waals surface area contributed by atoms with Crippen LogP contribution in [0, 0.1) is 0 Å². The molecule has 130 valence electrons. The lowest BCUT2D eigenvalue weighted by Gasteiger charge is -2.15. The fourth-order valence-corrected chi connectivity index (χ4v) is 2.96. The van der Waals surface area contributed by atoms with E-state index in [0.717, 1.165) is 0 Å². The molecule has 0 radical (unpaired) electrons. The second kappa shape index (κ2) is 7.47. The number of alkyl halides is 2. The van der Waals surface area contributed by atoms with Crippen molar-refractivity contribution in [2.75, 3.05) is 23.3 Å². The van der Waals surface area contributed by atoms with E-state index in [-0.39, 0.29) is 28.4 Å². The van der Waals surface area contributed by atoms with Gasteiger partial charge >= 0.3 is 6.03 Å². The largest absolute Gasteiger partial charge is 0.336 e. The molecule has 25 heavy (non-hydrogen) atoms. The van der Waals surface area contributed by atoms with E-state index in [1.165, 1.54) is 18.3 Å². The van der Waals surface area contributed by atoms with Gasteiger partial charge < -0.3 is 10.6 Å². The number of hydrogen-bond acceptors (Lipinski definition) is 4. The highest BCUT2D eigenvalue weighted by Crippen LogP contribution is 2.27. The predicted molar refractivity (Wildman–Crippen MR) is 91.2 cm³/mol. The summed E-state index contributed by atoms with van der Waals surface area (Å²) in [6.45, 7) is 1.16. The fraction of sp³-hybridized carbons (Fsp3) is 0.188. The van der Waals surface area contributed by atoms with Crippen LogP contribution in [0.1, 0.15) is 10.4 Å². The van der Waals surface area contributed by atoms with Gasteiger partial charge in [-0.05, 0) is 48.2 Å². The van der Waals surface area contributed by atoms with Crippen molar-refractivity contribution in [2.45, 2.75) is 10.8 Å². The van der Waals surface area contributed by atoms with Gasteiger partial charge in [-0.3, -0.25) is 9.69 Å². The number of benzene rings is 1. The molecule has 6 nitrogen and oxygen atoms in total. The van der Waals surface area contributed by atoms with Crippen molar-refractivity contribution in [1.29, 1.82) is 0 Å². The molecule has 1 aromatic carbocycles. The van der Waals surface area contributed by atoms with Crippen LogP contribution in [0.2, 0.25) is 0 Å². The number of urea groups is 1. The summed E-state index contributed by atoms with van der Waals surface area (Å²) in [5.74, 6) is -3.18. The van der Waals surface area contributed by atoms with Gasteiger partial charge in [-0.15, -0.1) is 0 Å². The average Bonchev–Trinajstić information content (AvgIpc) is 3.01. The normalized spacial score (nSPS) is 13.9. The smallest absolute Gasteiger partial charge is 0.321 e. The number of amides is 3. The molecule has 0 spiro atoms. The second-order valence-corrected chi connectivity index (χ2v) is 6.10. The first-order valence-electron chi connectivity index (χ1n) is 7.41. The number of aromatic nitrogens is 1. The SMILES string of the molecule is O=C(Nc1ccc(N2CCNC2=O)cc1)c1cccnc1SC(F)F. The zero-order valence-electron chi connectivity index (χ0n) is 12.9. The summed E-state index contributed by atoms with van der Waals surface area (Å²) < 4.78 is 25.1. The Balaban J connectivity index is 1.72. The molecular formula is C16H14F2N4O2S. The van der Waals surface area contributed by atoms with E-state index in [1.807, 2.05) is 0 Å². The molecule has 0 bridgehead atoms. The Labute approximate surface area is 146 Å². The first kappa shape index (κ1) is 17.2. The van der Waals surface area contributed by atoms with Crippen molar-refractivity contribution in [3.8, 4) is 0 Å². The van der Waals surface area contributed by atoms with Gasteiger partial charge in [0.15, 0.2) is 0 Å². The summed E-state index contributed by atoms with van der Waals surface area (Å²) in [5.41, 5.74) is 1.28. The van der Waals surface area contributed by atoms with Gasteiger partial charge in [-0.25, -0.2) is 9.78 Å². The summed E-state index contributed by atoms with van der Waals surface area (Å²) in [6.07, 6.45) is 1.36. The zero-order valence-corrected chi connectivity index (χ0v) is 13.7. The number of rotatable bonds is 5. The molecule has 3 amide bonds. The average molecular weight is 364 g/mol. The van der Waals surface area contributed by atoms with Crippen molar-refractivity contribution in [3.05, 3.63) is 48.2 Å². The number of hydrogen-bond donors (Lipinski definition) is 2. The van der Waals surface area contributed by atoms with Crippen LogP contribution in [0.15, 0.2) is 47.6 Å². The van der Waals surface area contributed by atoms with Crippen molar-refractivity contribution < 1.29 is 18.4 Å². The van der Waals surface area contributed by atoms with Crippen molar-refractivity contribution in [1.82, 2.24) is 10.3 Å². The maximum absolute atomic E-state index is 12.6. The van der Waals surface area contributed by atoms with Crippen LogP contribution in [0.4, 0.5) is 25.0 Å². The van der Waals surface area contributed by atoms with E-state index in [4.69, 9.17) is 0 Å². The molecule has 9 heteroatoms. The van der Waals surface area contributed by atoms with Crippen LogP contribution in [-0.4, -0.2) is 35.8 Å². The number of anilines is 2. The number of thioether (sulfide) groups is 1. The lowest BCUT2D eigenvalue weighted by molar-refractivity contribution is 0.102. The Morgan fingerprint density at radius 2 is 2.04 bits per heavy atom. The number of nitrogens with zero attached hydrogens (tertiary/aromatic N) is 2. The first-order chi connectivity index (χ1) is 12.0. The monoisotopic (exact) mass is 364 g/mol. The van der Waals surface area contributed by atoms with E-state index >= 15 is 0 Å². The van der Waals surface area contributed by atoms with Gasteiger partial charge in [-0.1, -0.05) is 0 Å². The molecule has 1 aliphatic rings. The number of carbonyl (C=O) groups is 2. The highest BCUT2D eigenvalue weighted by molar-refractivity contribution is 7.99. The Kier molecular flexibility index (Phi) is 5.13. The molecule has 2 aromatic rings. The van der Waals surface area contributed by atoms with Gasteiger partial charge in [0.1, 0.15) is 5.03 Å². The summed E-state index contributed by atoms with van der Waals surface area (Å²) in [5, 5.41) is 5.32. The standard InChI is InChI=1S/C16H14F2N4O2S/c17-15(18)25-14-12(2-1-7-19-14)13(23)21-10-3-5-11(6-4-10)22-9-8-20-16(22)24/h1-7,15H,8-9H2,(H,20,24)(H,21,23). The van der Waals surface area contributed by atoms with Crippen molar-refractivity contribution >= 4 is 35.1 Å². The summed E-state index contributed by atoms with van der Waals surface area (Å²) in [6, 6.07) is 9.50. The second-order valence-electron chi connectivity index (χ2n) is 5.12. The third kappa shape index (κ3) is 4.05. The molecule has 2 N–H and O–H groups in total. The van der Waals surface area contributed by atoms with Gasteiger partial charge in [0.05, 0.1) is 5.56 Å². The minimum absolute atomic E-state index is 0.0274. The minimum Gasteiger partial charge on any atom is -0.336 e. The van der Waals surface area contributed by atoms with Crippen LogP contribution in [0.3, 0.4) is 0 Å². The summed E-state index contributed by atoms with van der Waals surface area (Å²) in [4.78, 5) is 29.4. The van der Waals surface area contributed by atoms with E-state index < -0.39 is 11.7 Å². The number of carbonyl (C=O) groups excluding carboxylic acids is 2. The van der Waals surface area contributed by atoms with Crippen LogP contribution < -0.4 is 15.5 Å². The quantitative estimate of drug-likeness (QED) is 0.799. The summed E-state index contributed by atoms with van der Waals surface area (Å²) >= 11 is 0.227. The zero-order chi connectivity index (χ0) is 17.8. The van der Waals surface area contributed by atoms with E-state index in [2.05, 4.69) is 15.6 Å². The van der Waals surface area contributed by atoms with E-state index in [9.17, 15) is 18.4 Å². The Morgan fingerprint density at radius 3 is 2.68 bits per heavy atom. The minimum atomic E-state index is -2.66. The van der Waals surface area contributed by atoms with Crippen molar-refractivity contribution in [2.24, 2.45) is 0 Å². The maximum Gasteiger partial charge on any atom is 0.321 e. The molecular weight excluding hydrogens is 350 g/mol. The highest BCUT2D eigenvalue weighted by Gasteiger charge is 2.21. The van der Waals surface area contributed by atoms with E-state index in [0.29, 0.717) is 24.5 Å². The molecule has 2 heterocycles. The van der Waals surface area contributed by atoms with Gasteiger partial charge in [0.25, 0.3) is 11.7 Å². The molecule has 1 aliphatic heterocycles. The van der Waals surface area contributed by atoms with Crippen LogP contribution in [0.5, 0.6) is 0 Å². The third-order valence-electron chi connectivity index (χ3n) is 3.51. The van der Waals surface area contributed by atoms with Crippen LogP contribution >= 0.6 is 11.8 Å². The van der Waals surface area contributed by atoms with Crippen LogP contribution in [0.25, 0.3) is 0 Å². The Morgan fingerprint density at radius 1 is 1.28 bits per heavy atom. The molecule has 0 aliphatic carbocycles. The number of pyridine rings is 1. The van der Waals surface area contributed by atoms with Crippen LogP contribution in [-0.2, 0) is 0 Å². The number of halogens is 2. The van der Waals surface area contributed by atoms with Gasteiger partial charge in [0.2, 0.25) is 0 Å². The predicted octanol–water partition coefficient (Wildman–Crippen LogP) is 3.18. The summed E-state index contributed by atoms with van der Waals surface area (Å²) in [7, 11) is 0. The first-order valence-corrected chi connectivity index (χ1v) is 8.29. The fourth-order valence-electron chi connectivity index (χ4n) is 2.38. The number of nitrogens with one attached hydrogen (secondary N) is 2. The maximum atomic E-state index is 12.6.